The number of aliphatic hydroxyl groups excluding tert-OH is 1. The Bertz CT molecular complexity index is 311. The average Bonchev–Trinajstić information content (AvgIpc) is 2.22. The van der Waals surface area contributed by atoms with Crippen LogP contribution in [-0.2, 0) is 0 Å². The molecule has 0 spiro atoms. The van der Waals surface area contributed by atoms with Crippen LogP contribution in [0.15, 0.2) is 18.2 Å². The number of hydrogen-bond donors (Lipinski definition) is 2. The first-order valence-corrected chi connectivity index (χ1v) is 5.48. The highest BCUT2D eigenvalue weighted by Crippen LogP contribution is 2.29. The standard InChI is InChI=1S/C11H17ClN2O/c1-2-6-14(7-8-15)10-5-3-4-9(12)11(10)13/h3-5,15H,2,6-8,13H2,1H3. The summed E-state index contributed by atoms with van der Waals surface area (Å²) >= 11 is 5.94. The van der Waals surface area contributed by atoms with E-state index in [0.717, 1.165) is 18.7 Å². The molecule has 4 heteroatoms. The number of nitrogens with two attached hydrogens (primary N) is 1. The summed E-state index contributed by atoms with van der Waals surface area (Å²) in [7, 11) is 0. The topological polar surface area (TPSA) is 49.5 Å². The first kappa shape index (κ1) is 12.1. The summed E-state index contributed by atoms with van der Waals surface area (Å²) in [6.45, 7) is 3.65. The monoisotopic (exact) mass is 228 g/mol. The summed E-state index contributed by atoms with van der Waals surface area (Å²) in [5.74, 6) is 0. The van der Waals surface area contributed by atoms with Gasteiger partial charge in [0.1, 0.15) is 0 Å². The van der Waals surface area contributed by atoms with Crippen molar-refractivity contribution in [3.05, 3.63) is 23.2 Å². The molecule has 0 saturated heterocycles. The molecule has 0 aliphatic carbocycles. The molecule has 1 aromatic rings. The molecule has 0 bridgehead atoms. The molecule has 0 fully saturated rings. The zero-order valence-electron chi connectivity index (χ0n) is 8.91. The number of anilines is 2. The fourth-order valence-corrected chi connectivity index (χ4v) is 1.71. The van der Waals surface area contributed by atoms with E-state index in [9.17, 15) is 0 Å². The summed E-state index contributed by atoms with van der Waals surface area (Å²) in [6.07, 6.45) is 1.01. The Morgan fingerprint density at radius 1 is 1.40 bits per heavy atom. The van der Waals surface area contributed by atoms with Crippen LogP contribution in [-0.4, -0.2) is 24.8 Å². The van der Waals surface area contributed by atoms with Crippen molar-refractivity contribution in [1.29, 1.82) is 0 Å². The quantitative estimate of drug-likeness (QED) is 0.760. The minimum Gasteiger partial charge on any atom is -0.396 e. The number of para-hydroxylation sites is 1. The molecule has 15 heavy (non-hydrogen) atoms. The van der Waals surface area contributed by atoms with Crippen LogP contribution in [0.25, 0.3) is 0 Å². The van der Waals surface area contributed by atoms with Gasteiger partial charge in [-0.25, -0.2) is 0 Å². The summed E-state index contributed by atoms with van der Waals surface area (Å²) < 4.78 is 0. The van der Waals surface area contributed by atoms with Crippen molar-refractivity contribution >= 4 is 23.0 Å². The second-order valence-corrected chi connectivity index (χ2v) is 3.79. The SMILES string of the molecule is CCCN(CCO)c1cccc(Cl)c1N. The molecule has 0 saturated carbocycles. The number of halogens is 1. The van der Waals surface area contributed by atoms with Gasteiger partial charge in [0.2, 0.25) is 0 Å². The second kappa shape index (κ2) is 5.83. The molecule has 0 aliphatic rings. The van der Waals surface area contributed by atoms with E-state index in [2.05, 4.69) is 6.92 Å². The van der Waals surface area contributed by atoms with Gasteiger partial charge >= 0.3 is 0 Å². The first-order chi connectivity index (χ1) is 7.20. The van der Waals surface area contributed by atoms with Gasteiger partial charge in [0.05, 0.1) is 23.0 Å². The molecule has 1 rings (SSSR count). The summed E-state index contributed by atoms with van der Waals surface area (Å²) in [4.78, 5) is 2.04. The third-order valence-electron chi connectivity index (χ3n) is 2.23. The highest BCUT2D eigenvalue weighted by molar-refractivity contribution is 6.33. The maximum atomic E-state index is 8.97. The van der Waals surface area contributed by atoms with Crippen molar-refractivity contribution < 1.29 is 5.11 Å². The van der Waals surface area contributed by atoms with Gasteiger partial charge < -0.3 is 15.7 Å². The third kappa shape index (κ3) is 3.01. The van der Waals surface area contributed by atoms with Crippen LogP contribution in [0.5, 0.6) is 0 Å². The zero-order chi connectivity index (χ0) is 11.3. The molecule has 0 aromatic heterocycles. The van der Waals surface area contributed by atoms with Crippen LogP contribution in [0.2, 0.25) is 5.02 Å². The Morgan fingerprint density at radius 3 is 2.73 bits per heavy atom. The lowest BCUT2D eigenvalue weighted by Gasteiger charge is -2.25. The van der Waals surface area contributed by atoms with Gasteiger partial charge in [-0.05, 0) is 18.6 Å². The molecule has 0 atom stereocenters. The molecule has 0 amide bonds. The smallest absolute Gasteiger partial charge is 0.0741 e. The Hall–Kier alpha value is -0.930. The third-order valence-corrected chi connectivity index (χ3v) is 2.56. The Kier molecular flexibility index (Phi) is 4.72. The van der Waals surface area contributed by atoms with E-state index in [4.69, 9.17) is 22.4 Å². The van der Waals surface area contributed by atoms with Crippen LogP contribution in [0.3, 0.4) is 0 Å². The van der Waals surface area contributed by atoms with Crippen molar-refractivity contribution in [2.75, 3.05) is 30.3 Å². The van der Waals surface area contributed by atoms with E-state index in [1.54, 1.807) is 6.07 Å². The van der Waals surface area contributed by atoms with Crippen molar-refractivity contribution in [3.63, 3.8) is 0 Å². The van der Waals surface area contributed by atoms with Gasteiger partial charge in [0.25, 0.3) is 0 Å². The van der Waals surface area contributed by atoms with Crippen LogP contribution in [0, 0.1) is 0 Å². The van der Waals surface area contributed by atoms with Crippen LogP contribution < -0.4 is 10.6 Å². The maximum absolute atomic E-state index is 8.97. The van der Waals surface area contributed by atoms with E-state index >= 15 is 0 Å². The number of rotatable bonds is 5. The van der Waals surface area contributed by atoms with E-state index in [1.807, 2.05) is 17.0 Å². The van der Waals surface area contributed by atoms with Gasteiger partial charge in [-0.15, -0.1) is 0 Å². The molecular weight excluding hydrogens is 212 g/mol. The van der Waals surface area contributed by atoms with E-state index < -0.39 is 0 Å². The van der Waals surface area contributed by atoms with Crippen molar-refractivity contribution in [2.45, 2.75) is 13.3 Å². The molecule has 0 unspecified atom stereocenters. The van der Waals surface area contributed by atoms with Crippen LogP contribution in [0.1, 0.15) is 13.3 Å². The summed E-state index contributed by atoms with van der Waals surface area (Å²) in [5.41, 5.74) is 7.37. The molecule has 3 nitrogen and oxygen atoms in total. The van der Waals surface area contributed by atoms with E-state index in [1.165, 1.54) is 0 Å². The van der Waals surface area contributed by atoms with E-state index in [-0.39, 0.29) is 6.61 Å². The number of nitrogen functional groups attached to an aromatic ring is 1. The number of hydrogen-bond acceptors (Lipinski definition) is 3. The van der Waals surface area contributed by atoms with E-state index in [0.29, 0.717) is 17.3 Å². The van der Waals surface area contributed by atoms with Crippen LogP contribution >= 0.6 is 11.6 Å². The highest BCUT2D eigenvalue weighted by atomic mass is 35.5. The number of nitrogens with zero attached hydrogens (tertiary/aromatic N) is 1. The van der Waals surface area contributed by atoms with Gasteiger partial charge in [0, 0.05) is 13.1 Å². The largest absolute Gasteiger partial charge is 0.396 e. The Morgan fingerprint density at radius 2 is 2.13 bits per heavy atom. The van der Waals surface area contributed by atoms with Crippen molar-refractivity contribution in [3.8, 4) is 0 Å². The van der Waals surface area contributed by atoms with Crippen molar-refractivity contribution in [2.24, 2.45) is 0 Å². The predicted octanol–water partition coefficient (Wildman–Crippen LogP) is 2.13. The molecular formula is C11H17ClN2O. The first-order valence-electron chi connectivity index (χ1n) is 5.10. The summed E-state index contributed by atoms with van der Waals surface area (Å²) in [5, 5.41) is 9.53. The maximum Gasteiger partial charge on any atom is 0.0741 e. The summed E-state index contributed by atoms with van der Waals surface area (Å²) in [6, 6.07) is 5.56. The zero-order valence-corrected chi connectivity index (χ0v) is 9.67. The lowest BCUT2D eigenvalue weighted by atomic mass is 10.2. The molecule has 0 aliphatic heterocycles. The molecule has 1 aromatic carbocycles. The molecule has 3 N–H and O–H groups in total. The van der Waals surface area contributed by atoms with Crippen LogP contribution in [0.4, 0.5) is 11.4 Å². The normalized spacial score (nSPS) is 10.3. The molecule has 0 heterocycles. The lowest BCUT2D eigenvalue weighted by molar-refractivity contribution is 0.302. The predicted molar refractivity (Wildman–Crippen MR) is 65.5 cm³/mol. The average molecular weight is 229 g/mol. The van der Waals surface area contributed by atoms with Crippen molar-refractivity contribution in [1.82, 2.24) is 0 Å². The number of aliphatic hydroxyl groups is 1. The van der Waals surface area contributed by atoms with Gasteiger partial charge in [-0.1, -0.05) is 24.6 Å². The second-order valence-electron chi connectivity index (χ2n) is 3.38. The van der Waals surface area contributed by atoms with Gasteiger partial charge in [-0.2, -0.15) is 0 Å². The van der Waals surface area contributed by atoms with Gasteiger partial charge in [0.15, 0.2) is 0 Å². The highest BCUT2D eigenvalue weighted by Gasteiger charge is 2.10. The fraction of sp³-hybridized carbons (Fsp3) is 0.455. The number of benzene rings is 1. The minimum absolute atomic E-state index is 0.117. The fourth-order valence-electron chi connectivity index (χ4n) is 1.54. The van der Waals surface area contributed by atoms with Gasteiger partial charge in [-0.3, -0.25) is 0 Å². The minimum atomic E-state index is 0.117. The molecule has 0 radical (unpaired) electrons. The molecule has 84 valence electrons. The Balaban J connectivity index is 2.94. The Labute approximate surface area is 95.5 Å². The lowest BCUT2D eigenvalue weighted by Crippen LogP contribution is -2.28.